The van der Waals surface area contributed by atoms with Gasteiger partial charge in [0.25, 0.3) is 5.91 Å². The highest BCUT2D eigenvalue weighted by molar-refractivity contribution is 8.04. The molecule has 0 saturated carbocycles. The second kappa shape index (κ2) is 10.6. The van der Waals surface area contributed by atoms with Crippen molar-refractivity contribution in [2.24, 2.45) is 0 Å². The highest BCUT2D eigenvalue weighted by atomic mass is 32.2. The fourth-order valence-corrected chi connectivity index (χ4v) is 3.27. The molecule has 1 heterocycles. The van der Waals surface area contributed by atoms with Crippen molar-refractivity contribution in [1.82, 2.24) is 10.2 Å². The second-order valence-corrected chi connectivity index (χ2v) is 6.72. The number of halogens is 2. The summed E-state index contributed by atoms with van der Waals surface area (Å²) in [6.45, 7) is -0.295. The number of methoxy groups -OCH3 is 1. The molecule has 0 radical (unpaired) electrons. The Balaban J connectivity index is 1.73. The van der Waals surface area contributed by atoms with E-state index in [1.165, 1.54) is 29.8 Å². The maximum Gasteiger partial charge on any atom is 0.333 e. The Morgan fingerprint density at radius 3 is 2.76 bits per heavy atom. The van der Waals surface area contributed by atoms with Crippen LogP contribution in [0.4, 0.5) is 8.78 Å². The minimum Gasteiger partial charge on any atom is -0.466 e. The first-order chi connectivity index (χ1) is 13.8. The molecule has 0 aliphatic carbocycles. The minimum absolute atomic E-state index is 0.0282. The Bertz CT molecular complexity index is 846. The van der Waals surface area contributed by atoms with Gasteiger partial charge in [-0.3, -0.25) is 14.4 Å². The molecule has 29 heavy (non-hydrogen) atoms. The molecular formula is C18H18F2N2O6S. The van der Waals surface area contributed by atoms with E-state index in [9.17, 15) is 28.0 Å². The number of carbonyl (C=O) groups excluding carboxylic acids is 4. The Kier molecular flexibility index (Phi) is 8.13. The SMILES string of the molecule is COC(=O)/C=C1/SCC(=O)N1CCCOC(=O)CNC(=O)c1ccc(F)cc1F. The van der Waals surface area contributed by atoms with E-state index in [0.717, 1.165) is 12.1 Å². The van der Waals surface area contributed by atoms with Crippen molar-refractivity contribution in [2.45, 2.75) is 6.42 Å². The van der Waals surface area contributed by atoms with E-state index in [0.29, 0.717) is 17.5 Å². The highest BCUT2D eigenvalue weighted by Gasteiger charge is 2.27. The van der Waals surface area contributed by atoms with Crippen LogP contribution in [0.25, 0.3) is 0 Å². The van der Waals surface area contributed by atoms with Gasteiger partial charge in [-0.25, -0.2) is 13.6 Å². The molecular weight excluding hydrogens is 410 g/mol. The third-order valence-corrected chi connectivity index (χ3v) is 4.74. The van der Waals surface area contributed by atoms with Gasteiger partial charge < -0.3 is 19.7 Å². The van der Waals surface area contributed by atoms with Crippen LogP contribution in [0.3, 0.4) is 0 Å². The van der Waals surface area contributed by atoms with E-state index in [4.69, 9.17) is 4.74 Å². The summed E-state index contributed by atoms with van der Waals surface area (Å²) in [6.07, 6.45) is 1.52. The summed E-state index contributed by atoms with van der Waals surface area (Å²) in [5.74, 6) is -4.05. The van der Waals surface area contributed by atoms with Gasteiger partial charge in [-0.15, -0.1) is 0 Å². The number of nitrogens with one attached hydrogen (secondary N) is 1. The summed E-state index contributed by atoms with van der Waals surface area (Å²) < 4.78 is 35.8. The Morgan fingerprint density at radius 2 is 2.07 bits per heavy atom. The van der Waals surface area contributed by atoms with E-state index in [1.54, 1.807) is 0 Å². The largest absolute Gasteiger partial charge is 0.466 e. The van der Waals surface area contributed by atoms with Crippen LogP contribution >= 0.6 is 11.8 Å². The smallest absolute Gasteiger partial charge is 0.333 e. The van der Waals surface area contributed by atoms with Crippen LogP contribution in [0.2, 0.25) is 0 Å². The molecule has 0 aromatic heterocycles. The number of rotatable bonds is 8. The predicted molar refractivity (Wildman–Crippen MR) is 98.5 cm³/mol. The maximum atomic E-state index is 13.5. The molecule has 0 atom stereocenters. The number of ether oxygens (including phenoxy) is 2. The Labute approximate surface area is 169 Å². The lowest BCUT2D eigenvalue weighted by atomic mass is 10.2. The van der Waals surface area contributed by atoms with Crippen LogP contribution in [0.5, 0.6) is 0 Å². The summed E-state index contributed by atoms with van der Waals surface area (Å²) in [5, 5.41) is 2.64. The summed E-state index contributed by atoms with van der Waals surface area (Å²) in [6, 6.07) is 2.46. The summed E-state index contributed by atoms with van der Waals surface area (Å²) >= 11 is 1.21. The van der Waals surface area contributed by atoms with Crippen LogP contribution < -0.4 is 5.32 Å². The number of benzene rings is 1. The Morgan fingerprint density at radius 1 is 1.31 bits per heavy atom. The predicted octanol–water partition coefficient (Wildman–Crippen LogP) is 1.22. The molecule has 1 saturated heterocycles. The zero-order valence-corrected chi connectivity index (χ0v) is 16.2. The summed E-state index contributed by atoms with van der Waals surface area (Å²) in [7, 11) is 1.23. The molecule has 1 aliphatic rings. The van der Waals surface area contributed by atoms with Crippen molar-refractivity contribution in [3.05, 3.63) is 46.5 Å². The second-order valence-electron chi connectivity index (χ2n) is 5.72. The van der Waals surface area contributed by atoms with Crippen LogP contribution in [-0.4, -0.2) is 61.2 Å². The van der Waals surface area contributed by atoms with E-state index < -0.39 is 41.6 Å². The molecule has 1 aromatic carbocycles. The van der Waals surface area contributed by atoms with Gasteiger partial charge in [-0.1, -0.05) is 11.8 Å². The first-order valence-electron chi connectivity index (χ1n) is 8.43. The first kappa shape index (κ1) is 22.3. The molecule has 156 valence electrons. The lowest BCUT2D eigenvalue weighted by Gasteiger charge is -2.16. The maximum absolute atomic E-state index is 13.5. The third-order valence-electron chi connectivity index (χ3n) is 3.71. The number of hydrogen-bond donors (Lipinski definition) is 1. The molecule has 1 aromatic rings. The molecule has 0 spiro atoms. The molecule has 2 rings (SSSR count). The highest BCUT2D eigenvalue weighted by Crippen LogP contribution is 2.28. The van der Waals surface area contributed by atoms with Gasteiger partial charge in [0, 0.05) is 12.6 Å². The monoisotopic (exact) mass is 428 g/mol. The molecule has 0 bridgehead atoms. The zero-order valence-electron chi connectivity index (χ0n) is 15.4. The van der Waals surface area contributed by atoms with Gasteiger partial charge in [0.2, 0.25) is 5.91 Å². The van der Waals surface area contributed by atoms with Crippen molar-refractivity contribution in [3.8, 4) is 0 Å². The topological polar surface area (TPSA) is 102 Å². The average molecular weight is 428 g/mol. The minimum atomic E-state index is -1.04. The van der Waals surface area contributed by atoms with Gasteiger partial charge in [0.05, 0.1) is 36.1 Å². The van der Waals surface area contributed by atoms with Crippen molar-refractivity contribution < 1.29 is 37.4 Å². The zero-order chi connectivity index (χ0) is 21.4. The van der Waals surface area contributed by atoms with Crippen LogP contribution in [0.15, 0.2) is 29.3 Å². The van der Waals surface area contributed by atoms with Crippen molar-refractivity contribution in [3.63, 3.8) is 0 Å². The quantitative estimate of drug-likeness (QED) is 0.377. The molecule has 1 aliphatic heterocycles. The lowest BCUT2D eigenvalue weighted by Crippen LogP contribution is -2.32. The van der Waals surface area contributed by atoms with Crippen LogP contribution in [0, 0.1) is 11.6 Å². The van der Waals surface area contributed by atoms with Gasteiger partial charge in [-0.2, -0.15) is 0 Å². The van der Waals surface area contributed by atoms with E-state index in [2.05, 4.69) is 10.1 Å². The number of thioether (sulfide) groups is 1. The van der Waals surface area contributed by atoms with E-state index in [-0.39, 0.29) is 24.8 Å². The van der Waals surface area contributed by atoms with Crippen LogP contribution in [-0.2, 0) is 23.9 Å². The van der Waals surface area contributed by atoms with Gasteiger partial charge >= 0.3 is 11.9 Å². The normalized spacial score (nSPS) is 14.8. The lowest BCUT2D eigenvalue weighted by molar-refractivity contribution is -0.142. The molecule has 1 fully saturated rings. The fourth-order valence-electron chi connectivity index (χ4n) is 2.31. The van der Waals surface area contributed by atoms with Gasteiger partial charge in [0.15, 0.2) is 0 Å². The first-order valence-corrected chi connectivity index (χ1v) is 9.42. The number of carbonyl (C=O) groups is 4. The standard InChI is InChI=1S/C18H18F2N2O6S/c1-27-16(24)8-15-22(14(23)10-29-15)5-2-6-28-17(25)9-21-18(26)12-4-3-11(19)7-13(12)20/h3-4,7-8H,2,5-6,9-10H2,1H3,(H,21,26)/b15-8+. The van der Waals surface area contributed by atoms with Crippen molar-refractivity contribution in [2.75, 3.05) is 32.6 Å². The molecule has 0 unspecified atom stereocenters. The molecule has 8 nitrogen and oxygen atoms in total. The fraction of sp³-hybridized carbons (Fsp3) is 0.333. The summed E-state index contributed by atoms with van der Waals surface area (Å²) in [5.41, 5.74) is -0.394. The van der Waals surface area contributed by atoms with Crippen molar-refractivity contribution in [1.29, 1.82) is 0 Å². The van der Waals surface area contributed by atoms with Gasteiger partial charge in [-0.05, 0) is 18.6 Å². The Hall–Kier alpha value is -2.95. The average Bonchev–Trinajstić information content (AvgIpc) is 3.02. The molecule has 1 N–H and O–H groups in total. The van der Waals surface area contributed by atoms with E-state index >= 15 is 0 Å². The molecule has 11 heteroatoms. The number of nitrogens with zero attached hydrogens (tertiary/aromatic N) is 1. The van der Waals surface area contributed by atoms with E-state index in [1.807, 2.05) is 0 Å². The van der Waals surface area contributed by atoms with Crippen LogP contribution in [0.1, 0.15) is 16.8 Å². The van der Waals surface area contributed by atoms with Gasteiger partial charge in [0.1, 0.15) is 18.2 Å². The third kappa shape index (κ3) is 6.56. The van der Waals surface area contributed by atoms with Crippen molar-refractivity contribution >= 4 is 35.5 Å². The number of esters is 2. The molecule has 2 amide bonds. The number of hydrogen-bond acceptors (Lipinski definition) is 7. The number of amides is 2. The summed E-state index contributed by atoms with van der Waals surface area (Å²) in [4.78, 5) is 48.0.